The van der Waals surface area contributed by atoms with Crippen molar-refractivity contribution in [2.45, 2.75) is 45.2 Å². The van der Waals surface area contributed by atoms with Crippen LogP contribution in [0.1, 0.15) is 46.0 Å². The second-order valence-corrected chi connectivity index (χ2v) is 6.92. The number of aromatic nitrogens is 5. The van der Waals surface area contributed by atoms with Gasteiger partial charge in [-0.2, -0.15) is 0 Å². The fraction of sp³-hybridized carbons (Fsp3) is 0.350. The Labute approximate surface area is 163 Å². The summed E-state index contributed by atoms with van der Waals surface area (Å²) in [5.74, 6) is 0.613. The maximum atomic E-state index is 12.7. The lowest BCUT2D eigenvalue weighted by Crippen LogP contribution is -2.28. The summed E-state index contributed by atoms with van der Waals surface area (Å²) < 4.78 is 1.96. The van der Waals surface area contributed by atoms with Crippen LogP contribution in [0.3, 0.4) is 0 Å². The van der Waals surface area contributed by atoms with Gasteiger partial charge in [0.15, 0.2) is 5.82 Å². The van der Waals surface area contributed by atoms with Gasteiger partial charge in [-0.3, -0.25) is 4.79 Å². The first-order valence-corrected chi connectivity index (χ1v) is 9.55. The van der Waals surface area contributed by atoms with E-state index in [4.69, 9.17) is 5.73 Å². The number of amides is 1. The Bertz CT molecular complexity index is 968. The SMILES string of the molecule is Nc1nc2c(c(C(=O)NCc3nncn3CCc3ccccc3)n1)CCCC2. The zero-order chi connectivity index (χ0) is 19.3. The number of nitrogen functional groups attached to an aromatic ring is 1. The predicted molar refractivity (Wildman–Crippen MR) is 104 cm³/mol. The van der Waals surface area contributed by atoms with Crippen molar-refractivity contribution in [3.05, 3.63) is 65.0 Å². The molecule has 0 bridgehead atoms. The molecular formula is C20H23N7O. The quantitative estimate of drug-likeness (QED) is 0.676. The first-order valence-electron chi connectivity index (χ1n) is 9.55. The number of rotatable bonds is 6. The first-order chi connectivity index (χ1) is 13.7. The standard InChI is InChI=1S/C20H23N7O/c21-20-24-16-9-5-4-8-15(16)18(25-20)19(28)22-12-17-26-23-13-27(17)11-10-14-6-2-1-3-7-14/h1-3,6-7,13H,4-5,8-12H2,(H,22,28)(H2,21,24,25). The average Bonchev–Trinajstić information content (AvgIpc) is 3.18. The number of carbonyl (C=O) groups is 1. The summed E-state index contributed by atoms with van der Waals surface area (Å²) in [5.41, 5.74) is 9.25. The minimum absolute atomic E-state index is 0.150. The van der Waals surface area contributed by atoms with E-state index in [-0.39, 0.29) is 18.4 Å². The molecule has 2 aromatic heterocycles. The Morgan fingerprint density at radius 1 is 1.14 bits per heavy atom. The number of hydrogen-bond donors (Lipinski definition) is 2. The number of nitrogens with two attached hydrogens (primary N) is 1. The van der Waals surface area contributed by atoms with Gasteiger partial charge < -0.3 is 15.6 Å². The third-order valence-electron chi connectivity index (χ3n) is 5.00. The monoisotopic (exact) mass is 377 g/mol. The normalized spacial score (nSPS) is 13.1. The zero-order valence-corrected chi connectivity index (χ0v) is 15.6. The molecular weight excluding hydrogens is 354 g/mol. The Balaban J connectivity index is 1.42. The average molecular weight is 377 g/mol. The first kappa shape index (κ1) is 18.1. The van der Waals surface area contributed by atoms with E-state index in [1.807, 2.05) is 22.8 Å². The number of hydrogen-bond acceptors (Lipinski definition) is 6. The fourth-order valence-electron chi connectivity index (χ4n) is 3.54. The van der Waals surface area contributed by atoms with Crippen molar-refractivity contribution >= 4 is 11.9 Å². The lowest BCUT2D eigenvalue weighted by Gasteiger charge is -2.17. The second kappa shape index (κ2) is 8.16. The van der Waals surface area contributed by atoms with Gasteiger partial charge in [0.1, 0.15) is 12.0 Å². The zero-order valence-electron chi connectivity index (χ0n) is 15.6. The molecule has 1 aromatic carbocycles. The highest BCUT2D eigenvalue weighted by Crippen LogP contribution is 2.22. The van der Waals surface area contributed by atoms with Crippen molar-refractivity contribution in [1.82, 2.24) is 30.0 Å². The molecule has 3 N–H and O–H groups in total. The van der Waals surface area contributed by atoms with E-state index in [2.05, 4.69) is 37.6 Å². The Hall–Kier alpha value is -3.29. The Kier molecular flexibility index (Phi) is 5.27. The summed E-state index contributed by atoms with van der Waals surface area (Å²) in [6.45, 7) is 1.03. The van der Waals surface area contributed by atoms with Crippen LogP contribution in [0.15, 0.2) is 36.7 Å². The van der Waals surface area contributed by atoms with E-state index in [0.717, 1.165) is 49.9 Å². The van der Waals surface area contributed by atoms with Crippen molar-refractivity contribution in [3.63, 3.8) is 0 Å². The summed E-state index contributed by atoms with van der Waals surface area (Å²) in [6.07, 6.45) is 6.32. The molecule has 8 nitrogen and oxygen atoms in total. The Morgan fingerprint density at radius 3 is 2.82 bits per heavy atom. The number of aryl methyl sites for hydroxylation is 3. The van der Waals surface area contributed by atoms with E-state index >= 15 is 0 Å². The van der Waals surface area contributed by atoms with Crippen LogP contribution in [-0.2, 0) is 32.4 Å². The maximum absolute atomic E-state index is 12.7. The van der Waals surface area contributed by atoms with Crippen LogP contribution in [0.25, 0.3) is 0 Å². The highest BCUT2D eigenvalue weighted by atomic mass is 16.1. The summed E-state index contributed by atoms with van der Waals surface area (Å²) in [4.78, 5) is 21.2. The van der Waals surface area contributed by atoms with Gasteiger partial charge in [0, 0.05) is 17.8 Å². The van der Waals surface area contributed by atoms with Crippen molar-refractivity contribution in [2.75, 3.05) is 5.73 Å². The molecule has 0 atom stereocenters. The Morgan fingerprint density at radius 2 is 1.96 bits per heavy atom. The smallest absolute Gasteiger partial charge is 0.270 e. The molecule has 1 aliphatic rings. The molecule has 28 heavy (non-hydrogen) atoms. The molecule has 0 fully saturated rings. The predicted octanol–water partition coefficient (Wildman–Crippen LogP) is 1.70. The molecule has 0 radical (unpaired) electrons. The molecule has 8 heteroatoms. The van der Waals surface area contributed by atoms with E-state index in [1.54, 1.807) is 6.33 Å². The minimum atomic E-state index is -0.246. The topological polar surface area (TPSA) is 112 Å². The molecule has 0 spiro atoms. The number of nitrogens with one attached hydrogen (secondary N) is 1. The molecule has 0 aliphatic heterocycles. The van der Waals surface area contributed by atoms with Crippen molar-refractivity contribution in [1.29, 1.82) is 0 Å². The molecule has 1 amide bonds. The number of anilines is 1. The molecule has 0 saturated carbocycles. The summed E-state index contributed by atoms with van der Waals surface area (Å²) in [6, 6.07) is 10.2. The molecule has 144 valence electrons. The van der Waals surface area contributed by atoms with Crippen LogP contribution >= 0.6 is 0 Å². The molecule has 0 saturated heterocycles. The third-order valence-corrected chi connectivity index (χ3v) is 5.00. The van der Waals surface area contributed by atoms with E-state index < -0.39 is 0 Å². The van der Waals surface area contributed by atoms with E-state index in [0.29, 0.717) is 11.5 Å². The van der Waals surface area contributed by atoms with Gasteiger partial charge in [-0.05, 0) is 37.7 Å². The van der Waals surface area contributed by atoms with Crippen molar-refractivity contribution in [3.8, 4) is 0 Å². The van der Waals surface area contributed by atoms with Crippen molar-refractivity contribution in [2.24, 2.45) is 0 Å². The molecule has 0 unspecified atom stereocenters. The lowest BCUT2D eigenvalue weighted by atomic mass is 9.94. The fourth-order valence-corrected chi connectivity index (χ4v) is 3.54. The molecule has 3 aromatic rings. The number of benzene rings is 1. The highest BCUT2D eigenvalue weighted by molar-refractivity contribution is 5.94. The largest absolute Gasteiger partial charge is 0.368 e. The minimum Gasteiger partial charge on any atom is -0.368 e. The number of carbonyl (C=O) groups excluding carboxylic acids is 1. The summed E-state index contributed by atoms with van der Waals surface area (Å²) in [5, 5.41) is 11.0. The van der Waals surface area contributed by atoms with Crippen LogP contribution in [0.5, 0.6) is 0 Å². The molecule has 1 aliphatic carbocycles. The van der Waals surface area contributed by atoms with Gasteiger partial charge in [-0.25, -0.2) is 9.97 Å². The van der Waals surface area contributed by atoms with Crippen LogP contribution < -0.4 is 11.1 Å². The van der Waals surface area contributed by atoms with Crippen LogP contribution in [0.4, 0.5) is 5.95 Å². The van der Waals surface area contributed by atoms with Crippen LogP contribution in [-0.4, -0.2) is 30.6 Å². The molecule has 2 heterocycles. The van der Waals surface area contributed by atoms with Gasteiger partial charge in [0.05, 0.1) is 6.54 Å². The van der Waals surface area contributed by atoms with E-state index in [9.17, 15) is 4.79 Å². The lowest BCUT2D eigenvalue weighted by molar-refractivity contribution is 0.0943. The third kappa shape index (κ3) is 4.00. The summed E-state index contributed by atoms with van der Waals surface area (Å²) >= 11 is 0. The number of nitrogens with zero attached hydrogens (tertiary/aromatic N) is 5. The summed E-state index contributed by atoms with van der Waals surface area (Å²) in [7, 11) is 0. The van der Waals surface area contributed by atoms with Gasteiger partial charge >= 0.3 is 0 Å². The van der Waals surface area contributed by atoms with E-state index in [1.165, 1.54) is 5.56 Å². The van der Waals surface area contributed by atoms with Gasteiger partial charge in [0.2, 0.25) is 5.95 Å². The van der Waals surface area contributed by atoms with Crippen LogP contribution in [0.2, 0.25) is 0 Å². The van der Waals surface area contributed by atoms with Crippen LogP contribution in [0, 0.1) is 0 Å². The van der Waals surface area contributed by atoms with Gasteiger partial charge in [-0.15, -0.1) is 10.2 Å². The highest BCUT2D eigenvalue weighted by Gasteiger charge is 2.22. The van der Waals surface area contributed by atoms with Gasteiger partial charge in [-0.1, -0.05) is 30.3 Å². The van der Waals surface area contributed by atoms with Gasteiger partial charge in [0.25, 0.3) is 5.91 Å². The van der Waals surface area contributed by atoms with Crippen molar-refractivity contribution < 1.29 is 4.79 Å². The number of fused-ring (bicyclic) bond motifs is 1. The molecule has 4 rings (SSSR count). The maximum Gasteiger partial charge on any atom is 0.270 e. The second-order valence-electron chi connectivity index (χ2n) is 6.92.